The summed E-state index contributed by atoms with van der Waals surface area (Å²) >= 11 is 6.46. The normalized spacial score (nSPS) is 31.4. The van der Waals surface area contributed by atoms with Crippen molar-refractivity contribution in [1.82, 2.24) is 14.7 Å². The quantitative estimate of drug-likeness (QED) is 0.238. The van der Waals surface area contributed by atoms with Gasteiger partial charge < -0.3 is 19.4 Å². The minimum absolute atomic E-state index is 0.0730. The van der Waals surface area contributed by atoms with Gasteiger partial charge in [0.25, 0.3) is 5.91 Å². The van der Waals surface area contributed by atoms with Crippen LogP contribution in [-0.2, 0) is 32.9 Å². The second-order valence-electron chi connectivity index (χ2n) is 13.8. The lowest BCUT2D eigenvalue weighted by Gasteiger charge is -2.46. The molecule has 1 unspecified atom stereocenters. The minimum atomic E-state index is -2.89. The Morgan fingerprint density at radius 3 is 2.89 bits per heavy atom. The van der Waals surface area contributed by atoms with E-state index in [0.29, 0.717) is 43.5 Å². The van der Waals surface area contributed by atoms with Gasteiger partial charge in [-0.25, -0.2) is 9.19 Å². The maximum atomic E-state index is 13.8. The minimum Gasteiger partial charge on any atom is -0.490 e. The molecule has 2 aromatic carbocycles. The summed E-state index contributed by atoms with van der Waals surface area (Å²) in [6.45, 7) is 4.54. The average molecular weight is 677 g/mol. The van der Waals surface area contributed by atoms with Gasteiger partial charge in [0.1, 0.15) is 18.2 Å². The van der Waals surface area contributed by atoms with Crippen LogP contribution in [0.25, 0.3) is 0 Å². The maximum absolute atomic E-state index is 13.8. The molecule has 250 valence electrons. The molecule has 1 saturated carbocycles. The molecule has 0 saturated heterocycles. The summed E-state index contributed by atoms with van der Waals surface area (Å²) in [4.78, 5) is 23.6. The van der Waals surface area contributed by atoms with Crippen LogP contribution in [0.5, 0.6) is 5.75 Å². The number of halogens is 1. The van der Waals surface area contributed by atoms with Crippen LogP contribution in [0.1, 0.15) is 79.2 Å². The molecule has 47 heavy (non-hydrogen) atoms. The van der Waals surface area contributed by atoms with Gasteiger partial charge in [-0.2, -0.15) is 0 Å². The van der Waals surface area contributed by atoms with Gasteiger partial charge in [-0.15, -0.1) is 0 Å². The van der Waals surface area contributed by atoms with E-state index in [1.54, 1.807) is 12.3 Å². The lowest BCUT2D eigenvalue weighted by Crippen LogP contribution is -2.49. The van der Waals surface area contributed by atoms with E-state index in [4.69, 9.17) is 21.1 Å². The first kappa shape index (κ1) is 32.3. The van der Waals surface area contributed by atoms with E-state index in [9.17, 15) is 9.00 Å². The number of hydrogen-bond acceptors (Lipinski definition) is 6. The Balaban J connectivity index is 1.28. The Morgan fingerprint density at radius 2 is 2.11 bits per heavy atom. The number of carbonyl (C=O) groups is 1. The third-order valence-corrected chi connectivity index (χ3v) is 13.3. The molecule has 1 amide bonds. The molecule has 2 aliphatic carbocycles. The number of aromatic amines is 1. The Labute approximate surface area is 283 Å². The topological polar surface area (TPSA) is 96.5 Å². The van der Waals surface area contributed by atoms with Crippen molar-refractivity contribution in [2.24, 2.45) is 11.8 Å². The molecule has 1 fully saturated rings. The number of nitrogens with zero attached hydrogens (tertiary/aromatic N) is 2. The number of hydrogen-bond donors (Lipinski definition) is 2. The number of amides is 1. The van der Waals surface area contributed by atoms with Gasteiger partial charge >= 0.3 is 0 Å². The van der Waals surface area contributed by atoms with E-state index >= 15 is 0 Å². The molecule has 7 rings (SSSR count). The van der Waals surface area contributed by atoms with Crippen LogP contribution < -0.4 is 14.4 Å². The number of ether oxygens (including phenoxy) is 2. The highest BCUT2D eigenvalue weighted by atomic mass is 35.5. The fourth-order valence-corrected chi connectivity index (χ4v) is 9.99. The second kappa shape index (κ2) is 13.3. The zero-order valence-electron chi connectivity index (χ0n) is 27.1. The monoisotopic (exact) mass is 676 g/mol. The number of carbonyl (C=O) groups excluding carboxylic acids is 1. The first-order valence-corrected chi connectivity index (χ1v) is 19.2. The molecule has 2 N–H and O–H groups in total. The highest BCUT2D eigenvalue weighted by Gasteiger charge is 2.44. The lowest BCUT2D eigenvalue weighted by atomic mass is 9.68. The summed E-state index contributed by atoms with van der Waals surface area (Å²) < 4.78 is 29.9. The van der Waals surface area contributed by atoms with Gasteiger partial charge in [-0.1, -0.05) is 36.7 Å². The van der Waals surface area contributed by atoms with Crippen LogP contribution in [0.4, 0.5) is 5.69 Å². The number of H-pyrrole nitrogens is 1. The third-order valence-electron chi connectivity index (χ3n) is 10.9. The molecule has 8 nitrogen and oxygen atoms in total. The first-order valence-electron chi connectivity index (χ1n) is 17.0. The smallest absolute Gasteiger partial charge is 0.262 e. The molecular formula is C37H45ClN4O4S. The van der Waals surface area contributed by atoms with Crippen molar-refractivity contribution in [1.29, 1.82) is 0 Å². The van der Waals surface area contributed by atoms with E-state index in [-0.39, 0.29) is 22.7 Å². The fraction of sp³-hybridized carbons (Fsp3) is 0.486. The molecule has 0 radical (unpaired) electrons. The molecule has 4 aliphatic rings. The van der Waals surface area contributed by atoms with E-state index < -0.39 is 9.71 Å². The summed E-state index contributed by atoms with van der Waals surface area (Å²) in [6, 6.07) is 11.9. The average Bonchev–Trinajstić information content (AvgIpc) is 3.51. The van der Waals surface area contributed by atoms with Gasteiger partial charge in [-0.3, -0.25) is 9.52 Å². The fourth-order valence-electron chi connectivity index (χ4n) is 8.14. The van der Waals surface area contributed by atoms with Crippen LogP contribution in [0, 0.1) is 11.8 Å². The van der Waals surface area contributed by atoms with Gasteiger partial charge in [0, 0.05) is 46.7 Å². The lowest BCUT2D eigenvalue weighted by molar-refractivity contribution is -0.0246. The van der Waals surface area contributed by atoms with Gasteiger partial charge in [0.2, 0.25) is 0 Å². The number of imidazole rings is 1. The number of aryl methyl sites for hydroxylation is 1. The zero-order valence-corrected chi connectivity index (χ0v) is 28.7. The Hall–Kier alpha value is -3.27. The van der Waals surface area contributed by atoms with Crippen LogP contribution in [0.3, 0.4) is 0 Å². The van der Waals surface area contributed by atoms with Crippen molar-refractivity contribution in [3.63, 3.8) is 0 Å². The molecule has 1 spiro atoms. The van der Waals surface area contributed by atoms with E-state index in [1.807, 2.05) is 31.3 Å². The summed E-state index contributed by atoms with van der Waals surface area (Å²) in [6.07, 6.45) is 15.1. The predicted molar refractivity (Wildman–Crippen MR) is 189 cm³/mol. The molecule has 6 atom stereocenters. The molecule has 10 heteroatoms. The van der Waals surface area contributed by atoms with E-state index in [0.717, 1.165) is 73.9 Å². The largest absolute Gasteiger partial charge is 0.490 e. The summed E-state index contributed by atoms with van der Waals surface area (Å²) in [5.41, 5.74) is 3.75. The SMILES string of the molecule is C=S1(=O)NC(=O)c2ccc3c(c2)N(C[C@@H]2CC[C@H]2[C@@H](OCc2ncc[nH]2)/C=C/CC[C@H]1CC)C[C@@]1(CCCc2cc(Cl)ccc21)CO3. The zero-order chi connectivity index (χ0) is 32.6. The van der Waals surface area contributed by atoms with Crippen molar-refractivity contribution in [3.05, 3.63) is 88.5 Å². The molecule has 1 aromatic heterocycles. The highest BCUT2D eigenvalue weighted by Crippen LogP contribution is 2.47. The number of anilines is 1. The van der Waals surface area contributed by atoms with E-state index in [1.165, 1.54) is 11.1 Å². The van der Waals surface area contributed by atoms with E-state index in [2.05, 4.69) is 49.7 Å². The summed E-state index contributed by atoms with van der Waals surface area (Å²) in [5.74, 6) is 5.97. The van der Waals surface area contributed by atoms with Crippen molar-refractivity contribution >= 4 is 38.8 Å². The van der Waals surface area contributed by atoms with Crippen molar-refractivity contribution in [2.75, 3.05) is 24.6 Å². The number of benzene rings is 2. The number of aromatic nitrogens is 2. The highest BCUT2D eigenvalue weighted by molar-refractivity contribution is 7.99. The molecule has 3 aromatic rings. The van der Waals surface area contributed by atoms with Crippen LogP contribution in [0.15, 0.2) is 60.9 Å². The number of rotatable bonds is 4. The third kappa shape index (κ3) is 6.59. The predicted octanol–water partition coefficient (Wildman–Crippen LogP) is 6.64. The maximum Gasteiger partial charge on any atom is 0.262 e. The molecule has 2 aliphatic heterocycles. The van der Waals surface area contributed by atoms with Gasteiger partial charge in [0.05, 0.1) is 28.1 Å². The van der Waals surface area contributed by atoms with Crippen LogP contribution in [-0.4, -0.2) is 57.0 Å². The Kier molecular flexibility index (Phi) is 9.15. The Bertz CT molecular complexity index is 1740. The van der Waals surface area contributed by atoms with Crippen LogP contribution in [0.2, 0.25) is 5.02 Å². The van der Waals surface area contributed by atoms with Crippen molar-refractivity contribution in [3.8, 4) is 5.75 Å². The van der Waals surface area contributed by atoms with Crippen molar-refractivity contribution < 1.29 is 18.5 Å². The molecule has 2 bridgehead atoms. The van der Waals surface area contributed by atoms with Crippen molar-refractivity contribution in [2.45, 2.75) is 81.7 Å². The van der Waals surface area contributed by atoms with Crippen LogP contribution >= 0.6 is 11.6 Å². The molecule has 3 heterocycles. The van der Waals surface area contributed by atoms with Gasteiger partial charge in [0.15, 0.2) is 0 Å². The van der Waals surface area contributed by atoms with Gasteiger partial charge in [-0.05, 0) is 111 Å². The summed E-state index contributed by atoms with van der Waals surface area (Å²) in [5, 5.41) is 0.515. The molecular weight excluding hydrogens is 632 g/mol. The standard InChI is InChI=1S/C37H45ClN4O4S/c1-3-29-8-4-5-9-33(45-22-35-39-17-18-40-35)30-13-10-27(30)21-42-23-37(16-6-7-25-19-28(38)12-14-31(25)37)24-46-34-15-11-26(20-32(34)42)36(43)41-47(29,2)44/h5,9,11-12,14-15,17-20,27,29-30,33H,2-4,6-8,10,13,16,21-24H2,1H3,(H,39,40)(H,41,43,44)/b9-5+/t27-,29+,30+,33-,37-,47?/m0/s1. The second-order valence-corrected chi connectivity index (χ2v) is 16.6. The number of allylic oxidation sites excluding steroid dienone is 1. The Morgan fingerprint density at radius 1 is 1.21 bits per heavy atom. The summed E-state index contributed by atoms with van der Waals surface area (Å²) in [7, 11) is -2.89. The number of nitrogens with one attached hydrogen (secondary N) is 2. The number of fused-ring (bicyclic) bond motifs is 4. The first-order chi connectivity index (χ1) is 22.7.